The van der Waals surface area contributed by atoms with Crippen LogP contribution >= 0.6 is 0 Å². The van der Waals surface area contributed by atoms with Gasteiger partial charge in [0.25, 0.3) is 0 Å². The predicted octanol–water partition coefficient (Wildman–Crippen LogP) is 5.34. The molecule has 0 aliphatic carbocycles. The van der Waals surface area contributed by atoms with Gasteiger partial charge in [-0.3, -0.25) is 0 Å². The van der Waals surface area contributed by atoms with Crippen LogP contribution in [0.4, 0.5) is 0 Å². The largest absolute Gasteiger partial charge is 0.100 e. The molecular weight excluding hydrogens is 168 g/mol. The fourth-order valence-corrected chi connectivity index (χ4v) is 1.93. The molecule has 84 valence electrons. The van der Waals surface area contributed by atoms with E-state index in [9.17, 15) is 0 Å². The van der Waals surface area contributed by atoms with Crippen molar-refractivity contribution in [3.63, 3.8) is 0 Å². The average molecular weight is 196 g/mol. The Labute approximate surface area is 90.8 Å². The molecule has 0 saturated heterocycles. The molecule has 0 N–H and O–H groups in total. The van der Waals surface area contributed by atoms with Crippen LogP contribution in [0, 0.1) is 5.92 Å². The third-order valence-electron chi connectivity index (χ3n) is 3.01. The molecule has 0 aliphatic rings. The quantitative estimate of drug-likeness (QED) is 0.345. The molecule has 1 atom stereocenters. The topological polar surface area (TPSA) is 0 Å². The van der Waals surface area contributed by atoms with Crippen molar-refractivity contribution in [3.8, 4) is 0 Å². The summed E-state index contributed by atoms with van der Waals surface area (Å²) in [5.74, 6) is 0.973. The van der Waals surface area contributed by atoms with E-state index in [1.165, 1.54) is 56.9 Å². The first-order valence-corrected chi connectivity index (χ1v) is 6.35. The number of hydrogen-bond acceptors (Lipinski definition) is 0. The smallest absolute Gasteiger partial charge is 0.0326 e. The Bertz CT molecular complexity index is 135. The van der Waals surface area contributed by atoms with Crippen molar-refractivity contribution in [3.05, 3.63) is 12.2 Å². The molecule has 0 amide bonds. The molecule has 0 spiro atoms. The molecule has 0 nitrogen and oxygen atoms in total. The lowest BCUT2D eigenvalue weighted by molar-refractivity contribution is 0.405. The Morgan fingerprint density at radius 3 is 2.21 bits per heavy atom. The van der Waals surface area contributed by atoms with Crippen molar-refractivity contribution >= 4 is 0 Å². The van der Waals surface area contributed by atoms with Gasteiger partial charge in [-0.2, -0.15) is 0 Å². The number of rotatable bonds is 9. The molecule has 0 radical (unpaired) electrons. The second-order valence-electron chi connectivity index (χ2n) is 4.62. The van der Waals surface area contributed by atoms with E-state index >= 15 is 0 Å². The van der Waals surface area contributed by atoms with Crippen molar-refractivity contribution in [1.82, 2.24) is 0 Å². The minimum absolute atomic E-state index is 0.973. The Hall–Kier alpha value is -0.260. The second kappa shape index (κ2) is 9.30. The van der Waals surface area contributed by atoms with Crippen LogP contribution in [0.5, 0.6) is 0 Å². The van der Waals surface area contributed by atoms with Crippen LogP contribution in [0.3, 0.4) is 0 Å². The van der Waals surface area contributed by atoms with E-state index in [0.29, 0.717) is 0 Å². The van der Waals surface area contributed by atoms with Gasteiger partial charge in [-0.25, -0.2) is 0 Å². The van der Waals surface area contributed by atoms with Gasteiger partial charge in [-0.05, 0) is 25.7 Å². The highest BCUT2D eigenvalue weighted by Gasteiger charge is 2.05. The van der Waals surface area contributed by atoms with Crippen LogP contribution < -0.4 is 0 Å². The predicted molar refractivity (Wildman–Crippen MR) is 66.6 cm³/mol. The highest BCUT2D eigenvalue weighted by molar-refractivity contribution is 4.87. The Morgan fingerprint density at radius 1 is 1.07 bits per heavy atom. The Morgan fingerprint density at radius 2 is 1.71 bits per heavy atom. The van der Waals surface area contributed by atoms with E-state index in [0.717, 1.165) is 5.92 Å². The summed E-state index contributed by atoms with van der Waals surface area (Å²) in [7, 11) is 0. The average Bonchev–Trinajstić information content (AvgIpc) is 2.15. The molecule has 0 aliphatic heterocycles. The summed E-state index contributed by atoms with van der Waals surface area (Å²) in [6.45, 7) is 10.7. The summed E-state index contributed by atoms with van der Waals surface area (Å²) in [4.78, 5) is 0. The van der Waals surface area contributed by atoms with Crippen molar-refractivity contribution in [2.75, 3.05) is 0 Å². The van der Waals surface area contributed by atoms with Crippen molar-refractivity contribution in [2.24, 2.45) is 5.92 Å². The van der Waals surface area contributed by atoms with E-state index in [1.54, 1.807) is 0 Å². The van der Waals surface area contributed by atoms with Crippen LogP contribution in [0.1, 0.15) is 72.1 Å². The highest BCUT2D eigenvalue weighted by Crippen LogP contribution is 2.20. The van der Waals surface area contributed by atoms with Gasteiger partial charge in [0.1, 0.15) is 0 Å². The molecule has 1 unspecified atom stereocenters. The lowest BCUT2D eigenvalue weighted by Crippen LogP contribution is -1.99. The minimum Gasteiger partial charge on any atom is -0.100 e. The zero-order chi connectivity index (χ0) is 10.8. The van der Waals surface area contributed by atoms with Gasteiger partial charge < -0.3 is 0 Å². The van der Waals surface area contributed by atoms with Gasteiger partial charge in [0.05, 0.1) is 0 Å². The van der Waals surface area contributed by atoms with Crippen LogP contribution in [-0.2, 0) is 0 Å². The fourth-order valence-electron chi connectivity index (χ4n) is 1.93. The maximum atomic E-state index is 3.95. The third kappa shape index (κ3) is 8.34. The van der Waals surface area contributed by atoms with Crippen LogP contribution in [0.2, 0.25) is 0 Å². The SMILES string of the molecule is C=C(C)CCCC(CC)CCCCC. The molecule has 0 heteroatoms. The maximum absolute atomic E-state index is 3.95. The molecule has 14 heavy (non-hydrogen) atoms. The van der Waals surface area contributed by atoms with E-state index in [-0.39, 0.29) is 0 Å². The zero-order valence-electron chi connectivity index (χ0n) is 10.4. The number of allylic oxidation sites excluding steroid dienone is 1. The van der Waals surface area contributed by atoms with E-state index in [2.05, 4.69) is 27.4 Å². The monoisotopic (exact) mass is 196 g/mol. The van der Waals surface area contributed by atoms with Gasteiger partial charge in [-0.1, -0.05) is 57.9 Å². The molecular formula is C14H28. The van der Waals surface area contributed by atoms with Gasteiger partial charge >= 0.3 is 0 Å². The molecule has 0 rings (SSSR count). The molecule has 0 bridgehead atoms. The molecule has 0 aromatic heterocycles. The summed E-state index contributed by atoms with van der Waals surface area (Å²) >= 11 is 0. The van der Waals surface area contributed by atoms with Crippen molar-refractivity contribution in [2.45, 2.75) is 72.1 Å². The standard InChI is InChI=1S/C14H28/c1-5-7-8-11-14(6-2)12-9-10-13(3)4/h14H,3,5-12H2,1-2,4H3. The lowest BCUT2D eigenvalue weighted by atomic mass is 9.92. The summed E-state index contributed by atoms with van der Waals surface area (Å²) in [5.41, 5.74) is 1.34. The molecule has 0 saturated carbocycles. The first kappa shape index (κ1) is 13.7. The molecule has 0 heterocycles. The van der Waals surface area contributed by atoms with Crippen molar-refractivity contribution < 1.29 is 0 Å². The maximum Gasteiger partial charge on any atom is -0.0326 e. The molecule has 0 aromatic carbocycles. The Kier molecular flexibility index (Phi) is 9.13. The normalized spacial score (nSPS) is 12.8. The first-order chi connectivity index (χ1) is 6.70. The van der Waals surface area contributed by atoms with Crippen LogP contribution in [-0.4, -0.2) is 0 Å². The van der Waals surface area contributed by atoms with E-state index in [1.807, 2.05) is 0 Å². The van der Waals surface area contributed by atoms with Gasteiger partial charge in [0.15, 0.2) is 0 Å². The van der Waals surface area contributed by atoms with E-state index in [4.69, 9.17) is 0 Å². The van der Waals surface area contributed by atoms with Crippen LogP contribution in [0.15, 0.2) is 12.2 Å². The zero-order valence-corrected chi connectivity index (χ0v) is 10.4. The summed E-state index contributed by atoms with van der Waals surface area (Å²) in [6, 6.07) is 0. The third-order valence-corrected chi connectivity index (χ3v) is 3.01. The van der Waals surface area contributed by atoms with Crippen LogP contribution in [0.25, 0.3) is 0 Å². The molecule has 0 aromatic rings. The number of unbranched alkanes of at least 4 members (excludes halogenated alkanes) is 2. The summed E-state index contributed by atoms with van der Waals surface area (Å²) in [6.07, 6.45) is 11.0. The summed E-state index contributed by atoms with van der Waals surface area (Å²) in [5, 5.41) is 0. The second-order valence-corrected chi connectivity index (χ2v) is 4.62. The first-order valence-electron chi connectivity index (χ1n) is 6.35. The van der Waals surface area contributed by atoms with Gasteiger partial charge in [0.2, 0.25) is 0 Å². The number of hydrogen-bond donors (Lipinski definition) is 0. The Balaban J connectivity index is 3.42. The van der Waals surface area contributed by atoms with E-state index < -0.39 is 0 Å². The van der Waals surface area contributed by atoms with Gasteiger partial charge in [-0.15, -0.1) is 6.58 Å². The minimum atomic E-state index is 0.973. The molecule has 0 fully saturated rings. The highest BCUT2D eigenvalue weighted by atomic mass is 14.1. The lowest BCUT2D eigenvalue weighted by Gasteiger charge is -2.14. The van der Waals surface area contributed by atoms with Crippen molar-refractivity contribution in [1.29, 1.82) is 0 Å². The summed E-state index contributed by atoms with van der Waals surface area (Å²) < 4.78 is 0. The fraction of sp³-hybridized carbons (Fsp3) is 0.857. The van der Waals surface area contributed by atoms with Gasteiger partial charge in [0, 0.05) is 0 Å².